The van der Waals surface area contributed by atoms with E-state index in [0.717, 1.165) is 38.5 Å². The summed E-state index contributed by atoms with van der Waals surface area (Å²) in [7, 11) is -3.09. The molecule has 13 heteroatoms. The maximum Gasteiger partial charge on any atom is 0.472 e. The molecule has 12 nitrogen and oxygen atoms in total. The lowest BCUT2D eigenvalue weighted by atomic mass is 10.0. The lowest BCUT2D eigenvalue weighted by molar-refractivity contribution is -0.161. The first-order chi connectivity index (χ1) is 26.2. The molecule has 0 radical (unpaired) electrons. The van der Waals surface area contributed by atoms with Crippen molar-refractivity contribution in [3.8, 4) is 0 Å². The van der Waals surface area contributed by atoms with E-state index >= 15 is 0 Å². The number of nitrogens with one attached hydrogen (secondary N) is 1. The zero-order valence-electron chi connectivity index (χ0n) is 34.6. The van der Waals surface area contributed by atoms with Crippen molar-refractivity contribution in [1.29, 1.82) is 0 Å². The van der Waals surface area contributed by atoms with Gasteiger partial charge < -0.3 is 29.2 Å². The number of rotatable bonds is 41. The van der Waals surface area contributed by atoms with Crippen molar-refractivity contribution in [3.63, 3.8) is 0 Å². The molecule has 1 amide bonds. The Labute approximate surface area is 336 Å². The minimum absolute atomic E-state index is 0. The largest absolute Gasteiger partial charge is 0.472 e. The van der Waals surface area contributed by atoms with Gasteiger partial charge in [-0.25, -0.2) is 9.36 Å². The Bertz CT molecular complexity index is 924. The van der Waals surface area contributed by atoms with Gasteiger partial charge in [-0.05, 0) is 12.8 Å². The number of hydrogen-bond donors (Lipinski definition) is 2. The monoisotopic (exact) mass is 810 g/mol. The number of phosphoric ester groups is 1. The molecule has 2 unspecified atom stereocenters. The molecule has 2 atom stereocenters. The molecule has 0 aliphatic carbocycles. The Hall–Kier alpha value is -1.72. The summed E-state index contributed by atoms with van der Waals surface area (Å²) in [6.07, 6.45) is 29.8. The molecular formula is C42H84NO11P. The number of carbonyl (C=O) groups is 3. The Morgan fingerprint density at radius 1 is 0.545 bits per heavy atom. The van der Waals surface area contributed by atoms with E-state index in [9.17, 15) is 23.8 Å². The second-order valence-corrected chi connectivity index (χ2v) is 15.9. The van der Waals surface area contributed by atoms with E-state index in [0.29, 0.717) is 12.8 Å². The molecule has 0 aliphatic heterocycles. The maximum atomic E-state index is 12.7. The third kappa shape index (κ3) is 41.7. The highest BCUT2D eigenvalue weighted by Crippen LogP contribution is 2.43. The Balaban J connectivity index is 0. The number of phosphoric acid groups is 1. The van der Waals surface area contributed by atoms with Crippen LogP contribution in [-0.2, 0) is 42.1 Å². The van der Waals surface area contributed by atoms with Crippen LogP contribution in [0.2, 0.25) is 0 Å². The molecule has 55 heavy (non-hydrogen) atoms. The average Bonchev–Trinajstić information content (AvgIpc) is 3.15. The SMILES string of the molecule is C.CCCCCCCCCCCCCCCC(=O)OCC(COP(=O)(O)OCCNC(=O)OCCOC)OC(=O)CCCCCCCCCCCCCCC. The second kappa shape index (κ2) is 41.9. The number of carbonyl (C=O) groups excluding carboxylic acids is 3. The summed E-state index contributed by atoms with van der Waals surface area (Å²) in [6, 6.07) is 0. The zero-order chi connectivity index (χ0) is 39.8. The molecule has 0 saturated heterocycles. The number of methoxy groups -OCH3 is 1. The second-order valence-electron chi connectivity index (χ2n) is 14.4. The van der Waals surface area contributed by atoms with Gasteiger partial charge in [0.1, 0.15) is 13.2 Å². The molecule has 0 aromatic rings. The van der Waals surface area contributed by atoms with Crippen LogP contribution in [0.15, 0.2) is 0 Å². The number of hydrogen-bond acceptors (Lipinski definition) is 10. The summed E-state index contributed by atoms with van der Waals surface area (Å²) < 4.78 is 43.0. The standard InChI is InChI=1S/C41H80NO11P.CH4/c1-4-6-8-10-12-14-16-18-20-22-24-26-28-30-39(43)50-36-38(37-52-54(46,47)51-33-32-42-41(45)49-35-34-48-3)53-40(44)31-29-27-25-23-21-19-17-15-13-11-9-7-5-2;/h38H,4-37H2,1-3H3,(H,42,45)(H,46,47);1H4. The van der Waals surface area contributed by atoms with Crippen LogP contribution in [0.25, 0.3) is 0 Å². The van der Waals surface area contributed by atoms with Crippen molar-refractivity contribution in [2.45, 2.75) is 207 Å². The number of ether oxygens (including phenoxy) is 4. The molecule has 0 rings (SSSR count). The van der Waals surface area contributed by atoms with Gasteiger partial charge in [0.15, 0.2) is 6.10 Å². The van der Waals surface area contributed by atoms with Gasteiger partial charge in [-0.2, -0.15) is 0 Å². The topological polar surface area (TPSA) is 156 Å². The predicted octanol–water partition coefficient (Wildman–Crippen LogP) is 11.5. The molecule has 0 fully saturated rings. The summed E-state index contributed by atoms with van der Waals surface area (Å²) in [5, 5.41) is 2.38. The van der Waals surface area contributed by atoms with Gasteiger partial charge in [0.25, 0.3) is 0 Å². The third-order valence-electron chi connectivity index (χ3n) is 9.27. The van der Waals surface area contributed by atoms with Crippen molar-refractivity contribution in [2.75, 3.05) is 46.7 Å². The highest BCUT2D eigenvalue weighted by Gasteiger charge is 2.26. The van der Waals surface area contributed by atoms with E-state index in [1.165, 1.54) is 123 Å². The van der Waals surface area contributed by atoms with E-state index < -0.39 is 38.6 Å². The van der Waals surface area contributed by atoms with Crippen molar-refractivity contribution in [3.05, 3.63) is 0 Å². The summed E-state index contributed by atoms with van der Waals surface area (Å²) in [5.41, 5.74) is 0. The predicted molar refractivity (Wildman–Crippen MR) is 221 cm³/mol. The van der Waals surface area contributed by atoms with Gasteiger partial charge in [0.2, 0.25) is 0 Å². The first-order valence-corrected chi connectivity index (χ1v) is 23.1. The van der Waals surface area contributed by atoms with Crippen LogP contribution in [0.1, 0.15) is 201 Å². The fourth-order valence-corrected chi connectivity index (χ4v) is 6.74. The van der Waals surface area contributed by atoms with Crippen molar-refractivity contribution in [2.24, 2.45) is 0 Å². The Kier molecular flexibility index (Phi) is 42.2. The van der Waals surface area contributed by atoms with E-state index in [-0.39, 0.29) is 53.2 Å². The molecule has 0 aromatic carbocycles. The smallest absolute Gasteiger partial charge is 0.462 e. The fourth-order valence-electron chi connectivity index (χ4n) is 5.99. The van der Waals surface area contributed by atoms with Crippen LogP contribution in [-0.4, -0.2) is 75.7 Å². The summed E-state index contributed by atoms with van der Waals surface area (Å²) in [6.45, 7) is 3.55. The van der Waals surface area contributed by atoms with Crippen LogP contribution in [0.3, 0.4) is 0 Å². The van der Waals surface area contributed by atoms with Crippen molar-refractivity contribution < 1.29 is 51.8 Å². The van der Waals surface area contributed by atoms with Crippen LogP contribution < -0.4 is 5.32 Å². The summed E-state index contributed by atoms with van der Waals surface area (Å²) in [4.78, 5) is 46.9. The first-order valence-electron chi connectivity index (χ1n) is 21.6. The molecule has 2 N–H and O–H groups in total. The minimum atomic E-state index is -4.56. The average molecular weight is 810 g/mol. The Morgan fingerprint density at radius 2 is 0.964 bits per heavy atom. The highest BCUT2D eigenvalue weighted by atomic mass is 31.2. The van der Waals surface area contributed by atoms with E-state index in [4.69, 9.17) is 28.0 Å². The van der Waals surface area contributed by atoms with Crippen molar-refractivity contribution >= 4 is 25.9 Å². The van der Waals surface area contributed by atoms with Crippen LogP contribution in [0.5, 0.6) is 0 Å². The normalized spacial score (nSPS) is 12.7. The molecule has 328 valence electrons. The van der Waals surface area contributed by atoms with Crippen molar-refractivity contribution in [1.82, 2.24) is 5.32 Å². The molecule has 0 heterocycles. The molecular weight excluding hydrogens is 725 g/mol. The summed E-state index contributed by atoms with van der Waals surface area (Å²) in [5.74, 6) is -0.897. The third-order valence-corrected chi connectivity index (χ3v) is 10.3. The van der Waals surface area contributed by atoms with E-state index in [1.807, 2.05) is 0 Å². The summed E-state index contributed by atoms with van der Waals surface area (Å²) >= 11 is 0. The number of alkyl carbamates (subject to hydrolysis) is 1. The van der Waals surface area contributed by atoms with Crippen LogP contribution in [0, 0.1) is 0 Å². The molecule has 0 aliphatic rings. The van der Waals surface area contributed by atoms with Gasteiger partial charge in [-0.3, -0.25) is 18.6 Å². The maximum absolute atomic E-state index is 12.7. The fraction of sp³-hybridized carbons (Fsp3) is 0.929. The molecule has 0 aromatic heterocycles. The molecule has 0 spiro atoms. The van der Waals surface area contributed by atoms with Gasteiger partial charge in [0, 0.05) is 26.5 Å². The highest BCUT2D eigenvalue weighted by molar-refractivity contribution is 7.47. The first kappa shape index (κ1) is 55.4. The van der Waals surface area contributed by atoms with Gasteiger partial charge in [-0.15, -0.1) is 0 Å². The van der Waals surface area contributed by atoms with E-state index in [1.54, 1.807) is 0 Å². The zero-order valence-corrected chi connectivity index (χ0v) is 35.5. The lowest BCUT2D eigenvalue weighted by Gasteiger charge is -2.20. The number of esters is 2. The number of unbranched alkanes of at least 4 members (excludes halogenated alkanes) is 24. The molecule has 0 bridgehead atoms. The van der Waals surface area contributed by atoms with Crippen LogP contribution in [0.4, 0.5) is 4.79 Å². The van der Waals surface area contributed by atoms with Gasteiger partial charge in [-0.1, -0.05) is 175 Å². The number of amides is 1. The van der Waals surface area contributed by atoms with Gasteiger partial charge in [0.05, 0.1) is 19.8 Å². The van der Waals surface area contributed by atoms with Crippen LogP contribution >= 0.6 is 7.82 Å². The quantitative estimate of drug-likeness (QED) is 0.0262. The van der Waals surface area contributed by atoms with Gasteiger partial charge >= 0.3 is 25.9 Å². The lowest BCUT2D eigenvalue weighted by Crippen LogP contribution is -2.30. The Morgan fingerprint density at radius 3 is 1.40 bits per heavy atom. The molecule has 0 saturated carbocycles. The van der Waals surface area contributed by atoms with E-state index in [2.05, 4.69) is 19.2 Å². The minimum Gasteiger partial charge on any atom is -0.462 e.